The molecule has 3 aromatic heterocycles. The number of nitrogen functional groups attached to an aromatic ring is 1. The van der Waals surface area contributed by atoms with Crippen molar-refractivity contribution in [3.8, 4) is 22.4 Å². The van der Waals surface area contributed by atoms with Crippen molar-refractivity contribution >= 4 is 17.2 Å². The maximum atomic E-state index is 6.12. The smallest absolute Gasteiger partial charge is 0.129 e. The van der Waals surface area contributed by atoms with E-state index in [4.69, 9.17) is 5.73 Å². The number of anilines is 1. The molecule has 0 saturated carbocycles. The van der Waals surface area contributed by atoms with Gasteiger partial charge in [-0.2, -0.15) is 16.4 Å². The molecule has 3 aromatic rings. The monoisotopic (exact) mass is 256 g/mol. The van der Waals surface area contributed by atoms with E-state index < -0.39 is 0 Å². The normalized spacial score (nSPS) is 10.7. The van der Waals surface area contributed by atoms with Crippen molar-refractivity contribution in [3.05, 3.63) is 41.4 Å². The van der Waals surface area contributed by atoms with Crippen LogP contribution in [0.5, 0.6) is 0 Å². The van der Waals surface area contributed by atoms with E-state index in [1.54, 1.807) is 22.2 Å². The molecule has 4 nitrogen and oxygen atoms in total. The van der Waals surface area contributed by atoms with Crippen molar-refractivity contribution in [2.45, 2.75) is 0 Å². The van der Waals surface area contributed by atoms with Gasteiger partial charge < -0.3 is 5.73 Å². The average Bonchev–Trinajstić information content (AvgIpc) is 3.00. The number of aryl methyl sites for hydroxylation is 1. The summed E-state index contributed by atoms with van der Waals surface area (Å²) in [7, 11) is 1.85. The van der Waals surface area contributed by atoms with Crippen molar-refractivity contribution < 1.29 is 0 Å². The van der Waals surface area contributed by atoms with Crippen molar-refractivity contribution in [3.63, 3.8) is 0 Å². The minimum Gasteiger partial charge on any atom is -0.383 e. The fraction of sp³-hybridized carbons (Fsp3) is 0.0769. The summed E-state index contributed by atoms with van der Waals surface area (Å²) in [6, 6.07) is 5.95. The minimum atomic E-state index is 0.657. The molecule has 0 unspecified atom stereocenters. The Hall–Kier alpha value is -2.14. The maximum absolute atomic E-state index is 6.12. The lowest BCUT2D eigenvalue weighted by Crippen LogP contribution is -1.98. The van der Waals surface area contributed by atoms with Gasteiger partial charge in [-0.05, 0) is 17.5 Å². The predicted octanol–water partition coefficient (Wildman–Crippen LogP) is 2.79. The molecule has 0 saturated heterocycles. The summed E-state index contributed by atoms with van der Waals surface area (Å²) in [5.74, 6) is 0.657. The summed E-state index contributed by atoms with van der Waals surface area (Å²) < 4.78 is 1.70. The molecule has 90 valence electrons. The van der Waals surface area contributed by atoms with Gasteiger partial charge in [-0.1, -0.05) is 6.07 Å². The molecule has 0 bridgehead atoms. The number of hydrogen-bond acceptors (Lipinski definition) is 4. The number of rotatable bonds is 2. The third kappa shape index (κ3) is 1.69. The van der Waals surface area contributed by atoms with Crippen LogP contribution in [-0.2, 0) is 7.05 Å². The van der Waals surface area contributed by atoms with Crippen LogP contribution >= 0.6 is 11.3 Å². The van der Waals surface area contributed by atoms with Gasteiger partial charge in [0, 0.05) is 35.9 Å². The fourth-order valence-corrected chi connectivity index (χ4v) is 2.57. The molecular weight excluding hydrogens is 244 g/mol. The molecule has 3 heterocycles. The zero-order valence-electron chi connectivity index (χ0n) is 9.87. The van der Waals surface area contributed by atoms with E-state index in [9.17, 15) is 0 Å². The number of nitrogens with zero attached hydrogens (tertiary/aromatic N) is 3. The first-order valence-corrected chi connectivity index (χ1v) is 6.47. The highest BCUT2D eigenvalue weighted by Crippen LogP contribution is 2.36. The van der Waals surface area contributed by atoms with E-state index in [0.29, 0.717) is 5.82 Å². The van der Waals surface area contributed by atoms with Crippen molar-refractivity contribution in [2.24, 2.45) is 7.05 Å². The topological polar surface area (TPSA) is 56.7 Å². The molecule has 0 atom stereocenters. The summed E-state index contributed by atoms with van der Waals surface area (Å²) in [6.07, 6.45) is 3.56. The second-order valence-electron chi connectivity index (χ2n) is 3.99. The van der Waals surface area contributed by atoms with Crippen LogP contribution < -0.4 is 5.73 Å². The number of aromatic nitrogens is 3. The molecule has 5 heteroatoms. The third-order valence-electron chi connectivity index (χ3n) is 2.84. The third-order valence-corrected chi connectivity index (χ3v) is 3.52. The van der Waals surface area contributed by atoms with Crippen LogP contribution in [0.1, 0.15) is 0 Å². The van der Waals surface area contributed by atoms with Crippen LogP contribution in [0.25, 0.3) is 22.4 Å². The van der Waals surface area contributed by atoms with E-state index in [1.807, 2.05) is 36.8 Å². The molecule has 0 aliphatic heterocycles. The standard InChI is InChI=1S/C13H12N4S/c1-17-13(14)11(9-3-2-5-15-7-9)12(16-17)10-4-6-18-8-10/h2-8H,14H2,1H3. The van der Waals surface area contributed by atoms with Crippen molar-refractivity contribution in [1.29, 1.82) is 0 Å². The fourth-order valence-electron chi connectivity index (χ4n) is 1.93. The first-order valence-electron chi connectivity index (χ1n) is 5.53. The van der Waals surface area contributed by atoms with Crippen LogP contribution in [0.4, 0.5) is 5.82 Å². The average molecular weight is 256 g/mol. The van der Waals surface area contributed by atoms with Crippen LogP contribution in [0, 0.1) is 0 Å². The summed E-state index contributed by atoms with van der Waals surface area (Å²) in [5, 5.41) is 8.61. The highest BCUT2D eigenvalue weighted by atomic mass is 32.1. The highest BCUT2D eigenvalue weighted by Gasteiger charge is 2.17. The van der Waals surface area contributed by atoms with Crippen molar-refractivity contribution in [1.82, 2.24) is 14.8 Å². The molecule has 0 aromatic carbocycles. The largest absolute Gasteiger partial charge is 0.383 e. The Labute approximate surface area is 109 Å². The minimum absolute atomic E-state index is 0.657. The highest BCUT2D eigenvalue weighted by molar-refractivity contribution is 7.08. The maximum Gasteiger partial charge on any atom is 0.129 e. The van der Waals surface area contributed by atoms with E-state index in [0.717, 1.165) is 22.4 Å². The van der Waals surface area contributed by atoms with Crippen LogP contribution in [0.3, 0.4) is 0 Å². The van der Waals surface area contributed by atoms with Gasteiger partial charge in [0.05, 0.1) is 5.56 Å². The molecule has 0 aliphatic carbocycles. The molecule has 0 amide bonds. The quantitative estimate of drug-likeness (QED) is 0.767. The molecule has 18 heavy (non-hydrogen) atoms. The zero-order chi connectivity index (χ0) is 12.5. The Kier molecular flexibility index (Phi) is 2.60. The summed E-state index contributed by atoms with van der Waals surface area (Å²) >= 11 is 1.65. The number of hydrogen-bond donors (Lipinski definition) is 1. The van der Waals surface area contributed by atoms with E-state index in [-0.39, 0.29) is 0 Å². The van der Waals surface area contributed by atoms with Gasteiger partial charge in [0.2, 0.25) is 0 Å². The van der Waals surface area contributed by atoms with Crippen LogP contribution in [0.2, 0.25) is 0 Å². The molecule has 2 N–H and O–H groups in total. The lowest BCUT2D eigenvalue weighted by atomic mass is 10.0. The Morgan fingerprint density at radius 2 is 2.17 bits per heavy atom. The second-order valence-corrected chi connectivity index (χ2v) is 4.77. The van der Waals surface area contributed by atoms with Crippen LogP contribution in [0.15, 0.2) is 41.4 Å². The molecule has 0 radical (unpaired) electrons. The first kappa shape index (κ1) is 11.0. The Morgan fingerprint density at radius 3 is 2.83 bits per heavy atom. The van der Waals surface area contributed by atoms with Gasteiger partial charge in [-0.3, -0.25) is 9.67 Å². The zero-order valence-corrected chi connectivity index (χ0v) is 10.7. The summed E-state index contributed by atoms with van der Waals surface area (Å²) in [4.78, 5) is 4.14. The van der Waals surface area contributed by atoms with Gasteiger partial charge in [0.1, 0.15) is 11.5 Å². The van der Waals surface area contributed by atoms with E-state index in [2.05, 4.69) is 15.5 Å². The van der Waals surface area contributed by atoms with Gasteiger partial charge in [-0.15, -0.1) is 0 Å². The predicted molar refractivity (Wildman–Crippen MR) is 74.2 cm³/mol. The van der Waals surface area contributed by atoms with Gasteiger partial charge in [0.25, 0.3) is 0 Å². The molecule has 3 rings (SSSR count). The summed E-state index contributed by atoms with van der Waals surface area (Å²) in [6.45, 7) is 0. The Balaban J connectivity index is 2.26. The van der Waals surface area contributed by atoms with Crippen LogP contribution in [-0.4, -0.2) is 14.8 Å². The Morgan fingerprint density at radius 1 is 1.28 bits per heavy atom. The summed E-state index contributed by atoms with van der Waals surface area (Å²) in [5.41, 5.74) is 10.1. The molecular formula is C13H12N4S. The lowest BCUT2D eigenvalue weighted by molar-refractivity contribution is 0.782. The number of pyridine rings is 1. The molecule has 0 aliphatic rings. The van der Waals surface area contributed by atoms with Gasteiger partial charge in [-0.25, -0.2) is 0 Å². The number of thiophene rings is 1. The van der Waals surface area contributed by atoms with E-state index >= 15 is 0 Å². The molecule has 0 spiro atoms. The van der Waals surface area contributed by atoms with Gasteiger partial charge >= 0.3 is 0 Å². The first-order chi connectivity index (χ1) is 8.77. The lowest BCUT2D eigenvalue weighted by Gasteiger charge is -2.02. The van der Waals surface area contributed by atoms with Crippen molar-refractivity contribution in [2.75, 3.05) is 5.73 Å². The molecule has 0 fully saturated rings. The SMILES string of the molecule is Cn1nc(-c2ccsc2)c(-c2cccnc2)c1N. The second kappa shape index (κ2) is 4.27. The van der Waals surface area contributed by atoms with Gasteiger partial charge in [0.15, 0.2) is 0 Å². The Bertz CT molecular complexity index is 656. The van der Waals surface area contributed by atoms with E-state index in [1.165, 1.54) is 0 Å². The number of nitrogens with two attached hydrogens (primary N) is 1.